The van der Waals surface area contributed by atoms with Crippen LogP contribution >= 0.6 is 0 Å². The third kappa shape index (κ3) is 30.8. The number of carbonyl (C=O) groups is 1. The van der Waals surface area contributed by atoms with Gasteiger partial charge in [0.2, 0.25) is 5.91 Å². The van der Waals surface area contributed by atoms with Crippen molar-refractivity contribution in [2.45, 2.75) is 255 Å². The summed E-state index contributed by atoms with van der Waals surface area (Å²) in [6, 6.07) is -1.01. The van der Waals surface area contributed by atoms with Crippen molar-refractivity contribution < 1.29 is 44.9 Å². The number of hydrogen-bond acceptors (Lipinski definition) is 9. The Hall–Kier alpha value is -1.89. The summed E-state index contributed by atoms with van der Waals surface area (Å²) in [7, 11) is 0. The Morgan fingerprint density at radius 1 is 0.557 bits per heavy atom. The van der Waals surface area contributed by atoms with Gasteiger partial charge in [0, 0.05) is 0 Å². The topological polar surface area (TPSA) is 169 Å². The highest BCUT2D eigenvalue weighted by molar-refractivity contribution is 5.80. The maximum Gasteiger partial charge on any atom is 0.249 e. The number of hydrogen-bond donors (Lipinski definition) is 7. The molecule has 8 unspecified atom stereocenters. The zero-order chi connectivity index (χ0) is 44.6. The highest BCUT2D eigenvalue weighted by Crippen LogP contribution is 2.23. The lowest BCUT2D eigenvalue weighted by Crippen LogP contribution is -2.60. The zero-order valence-electron chi connectivity index (χ0n) is 38.8. The fourth-order valence-electron chi connectivity index (χ4n) is 7.60. The Balaban J connectivity index is 2.37. The van der Waals surface area contributed by atoms with Crippen LogP contribution in [0.15, 0.2) is 48.6 Å². The molecule has 1 heterocycles. The Bertz CT molecular complexity index is 1110. The van der Waals surface area contributed by atoms with E-state index in [0.29, 0.717) is 19.3 Å². The van der Waals surface area contributed by atoms with Crippen molar-refractivity contribution in [1.29, 1.82) is 0 Å². The molecule has 1 saturated heterocycles. The van der Waals surface area contributed by atoms with Gasteiger partial charge in [-0.1, -0.05) is 184 Å². The summed E-state index contributed by atoms with van der Waals surface area (Å²) in [6.45, 7) is 3.56. The third-order valence-corrected chi connectivity index (χ3v) is 11.7. The summed E-state index contributed by atoms with van der Waals surface area (Å²) in [5.41, 5.74) is 0. The monoisotopic (exact) mass is 864 g/mol. The molecule has 0 aromatic rings. The first-order valence-electron chi connectivity index (χ1n) is 25.0. The number of aliphatic hydroxyl groups is 6. The third-order valence-electron chi connectivity index (χ3n) is 11.7. The van der Waals surface area contributed by atoms with Gasteiger partial charge in [-0.2, -0.15) is 0 Å². The molecule has 356 valence electrons. The summed E-state index contributed by atoms with van der Waals surface area (Å²) in [4.78, 5) is 13.1. The molecule has 0 saturated carbocycles. The van der Waals surface area contributed by atoms with Gasteiger partial charge >= 0.3 is 0 Å². The van der Waals surface area contributed by atoms with Crippen LogP contribution in [0, 0.1) is 0 Å². The smallest absolute Gasteiger partial charge is 0.249 e. The molecule has 0 bridgehead atoms. The highest BCUT2D eigenvalue weighted by atomic mass is 16.7. The fourth-order valence-corrected chi connectivity index (χ4v) is 7.60. The summed E-state index contributed by atoms with van der Waals surface area (Å²) in [6.07, 6.45) is 42.0. The Kier molecular flexibility index (Phi) is 38.3. The number of amides is 1. The van der Waals surface area contributed by atoms with Crippen LogP contribution in [0.5, 0.6) is 0 Å². The molecule has 1 aliphatic heterocycles. The van der Waals surface area contributed by atoms with E-state index in [-0.39, 0.29) is 6.61 Å². The summed E-state index contributed by atoms with van der Waals surface area (Å²) in [5.74, 6) is -0.636. The van der Waals surface area contributed by atoms with E-state index in [2.05, 4.69) is 55.6 Å². The highest BCUT2D eigenvalue weighted by Gasteiger charge is 2.44. The van der Waals surface area contributed by atoms with E-state index in [1.807, 2.05) is 6.08 Å². The van der Waals surface area contributed by atoms with Crippen LogP contribution in [0.25, 0.3) is 0 Å². The molecule has 0 spiro atoms. The Morgan fingerprint density at radius 3 is 1.44 bits per heavy atom. The molecule has 1 aliphatic rings. The van der Waals surface area contributed by atoms with Crippen LogP contribution in [-0.4, -0.2) is 98.7 Å². The second-order valence-corrected chi connectivity index (χ2v) is 17.4. The molecule has 10 heteroatoms. The Labute approximate surface area is 372 Å². The maximum absolute atomic E-state index is 13.1. The first-order valence-corrected chi connectivity index (χ1v) is 25.0. The minimum atomic E-state index is -1.62. The van der Waals surface area contributed by atoms with Gasteiger partial charge in [-0.25, -0.2) is 0 Å². The molecular weight excluding hydrogens is 771 g/mol. The van der Waals surface area contributed by atoms with E-state index in [1.165, 1.54) is 122 Å². The number of unbranched alkanes of at least 4 members (excludes halogenated alkanes) is 24. The lowest BCUT2D eigenvalue weighted by Gasteiger charge is -2.40. The maximum atomic E-state index is 13.1. The number of carbonyl (C=O) groups excluding carboxylic acids is 1. The molecule has 0 aromatic heterocycles. The minimum Gasteiger partial charge on any atom is -0.394 e. The normalized spacial score (nSPS) is 21.3. The van der Waals surface area contributed by atoms with Gasteiger partial charge in [0.15, 0.2) is 6.29 Å². The summed E-state index contributed by atoms with van der Waals surface area (Å²) in [5, 5.41) is 64.7. The minimum absolute atomic E-state index is 0.293. The van der Waals surface area contributed by atoms with Crippen LogP contribution in [0.4, 0.5) is 0 Å². The summed E-state index contributed by atoms with van der Waals surface area (Å²) < 4.78 is 11.1. The van der Waals surface area contributed by atoms with Crippen LogP contribution in [0.2, 0.25) is 0 Å². The molecule has 10 nitrogen and oxygen atoms in total. The average Bonchev–Trinajstić information content (AvgIpc) is 3.26. The summed E-state index contributed by atoms with van der Waals surface area (Å²) >= 11 is 0. The van der Waals surface area contributed by atoms with E-state index >= 15 is 0 Å². The van der Waals surface area contributed by atoms with E-state index in [1.54, 1.807) is 6.08 Å². The van der Waals surface area contributed by atoms with E-state index in [0.717, 1.165) is 51.4 Å². The van der Waals surface area contributed by atoms with Gasteiger partial charge in [-0.15, -0.1) is 0 Å². The molecule has 0 radical (unpaired) electrons. The van der Waals surface area contributed by atoms with Crippen LogP contribution < -0.4 is 5.32 Å². The van der Waals surface area contributed by atoms with E-state index in [9.17, 15) is 35.4 Å². The van der Waals surface area contributed by atoms with E-state index < -0.39 is 61.5 Å². The van der Waals surface area contributed by atoms with Gasteiger partial charge in [0.25, 0.3) is 0 Å². The first-order chi connectivity index (χ1) is 29.8. The fraction of sp³-hybridized carbons (Fsp3) is 0.824. The molecule has 0 aliphatic carbocycles. The lowest BCUT2D eigenvalue weighted by atomic mass is 9.99. The molecule has 0 aromatic carbocycles. The van der Waals surface area contributed by atoms with Crippen molar-refractivity contribution in [2.75, 3.05) is 13.2 Å². The van der Waals surface area contributed by atoms with Gasteiger partial charge < -0.3 is 45.4 Å². The molecular formula is C51H93NO9. The SMILES string of the molecule is CCCCCC/C=C/CC/C=C/CC/C=C/C(O)C(COC1OC(CO)C(O)C(O)C1O)NC(=O)C(O)CCCCCCCC/C=C\CCCCCCCCCCCCCC. The van der Waals surface area contributed by atoms with Crippen molar-refractivity contribution in [2.24, 2.45) is 0 Å². The van der Waals surface area contributed by atoms with Crippen LogP contribution in [-0.2, 0) is 14.3 Å². The zero-order valence-corrected chi connectivity index (χ0v) is 38.8. The second-order valence-electron chi connectivity index (χ2n) is 17.4. The van der Waals surface area contributed by atoms with Crippen molar-refractivity contribution in [3.8, 4) is 0 Å². The van der Waals surface area contributed by atoms with E-state index in [4.69, 9.17) is 9.47 Å². The average molecular weight is 864 g/mol. The molecule has 8 atom stereocenters. The van der Waals surface area contributed by atoms with Crippen molar-refractivity contribution in [3.63, 3.8) is 0 Å². The predicted octanol–water partition coefficient (Wildman–Crippen LogP) is 9.98. The largest absolute Gasteiger partial charge is 0.394 e. The van der Waals surface area contributed by atoms with Gasteiger partial charge in [-0.3, -0.25) is 4.79 Å². The predicted molar refractivity (Wildman–Crippen MR) is 250 cm³/mol. The molecule has 1 amide bonds. The van der Waals surface area contributed by atoms with Crippen LogP contribution in [0.3, 0.4) is 0 Å². The second kappa shape index (κ2) is 40.9. The molecule has 1 fully saturated rings. The van der Waals surface area contributed by atoms with Gasteiger partial charge in [0.1, 0.15) is 30.5 Å². The number of ether oxygens (including phenoxy) is 2. The lowest BCUT2D eigenvalue weighted by molar-refractivity contribution is -0.302. The van der Waals surface area contributed by atoms with Gasteiger partial charge in [-0.05, 0) is 70.6 Å². The number of rotatable bonds is 41. The van der Waals surface area contributed by atoms with Crippen molar-refractivity contribution >= 4 is 5.91 Å². The van der Waals surface area contributed by atoms with Gasteiger partial charge in [0.05, 0.1) is 25.4 Å². The van der Waals surface area contributed by atoms with Crippen LogP contribution in [0.1, 0.15) is 206 Å². The number of nitrogens with one attached hydrogen (secondary N) is 1. The standard InChI is InChI=1S/C51H93NO9/c1-3-5-7-9-11-13-15-17-19-20-21-22-23-24-25-26-28-30-32-34-36-38-40-45(55)50(59)52-43(42-60-51-49(58)48(57)47(56)46(41-53)61-51)44(54)39-37-35-33-31-29-27-18-16-14-12-10-8-6-4-2/h14,16,24-25,29,31,37,39,43-49,51,53-58H,3-13,15,17-23,26-28,30,32-36,38,40-42H2,1-2H3,(H,52,59)/b16-14+,25-24-,31-29+,39-37+. The first kappa shape index (κ1) is 57.1. The van der Waals surface area contributed by atoms with Crippen molar-refractivity contribution in [3.05, 3.63) is 48.6 Å². The number of aliphatic hydroxyl groups excluding tert-OH is 6. The number of allylic oxidation sites excluding steroid dienone is 7. The molecule has 1 rings (SSSR count). The Morgan fingerprint density at radius 2 is 0.967 bits per heavy atom. The molecule has 61 heavy (non-hydrogen) atoms. The molecule has 7 N–H and O–H groups in total. The van der Waals surface area contributed by atoms with Crippen molar-refractivity contribution in [1.82, 2.24) is 5.32 Å². The quantitative estimate of drug-likeness (QED) is 0.0234.